The van der Waals surface area contributed by atoms with Gasteiger partial charge in [0.15, 0.2) is 11.8 Å². The van der Waals surface area contributed by atoms with Crippen LogP contribution in [0.25, 0.3) is 0 Å². The van der Waals surface area contributed by atoms with E-state index in [9.17, 15) is 19.2 Å². The number of amides is 2. The number of hydrogen-bond acceptors (Lipinski definition) is 7. The van der Waals surface area contributed by atoms with Gasteiger partial charge in [0, 0.05) is 5.56 Å². The third kappa shape index (κ3) is 3.32. The lowest BCUT2D eigenvalue weighted by atomic mass is 9.85. The minimum Gasteiger partial charge on any atom is -0.458 e. The Bertz CT molecular complexity index is 1240. The number of anilines is 1. The van der Waals surface area contributed by atoms with E-state index in [0.717, 1.165) is 16.0 Å². The fraction of sp³-hybridized carbons (Fsp3) is 0.346. The minimum absolute atomic E-state index is 0.111. The summed E-state index contributed by atoms with van der Waals surface area (Å²) < 4.78 is 5.66. The summed E-state index contributed by atoms with van der Waals surface area (Å²) in [6.07, 6.45) is 1.65. The van der Waals surface area contributed by atoms with Crippen molar-refractivity contribution in [1.29, 1.82) is 0 Å². The third-order valence-electron chi connectivity index (χ3n) is 6.47. The highest BCUT2D eigenvalue weighted by atomic mass is 16.6. The van der Waals surface area contributed by atoms with E-state index in [4.69, 9.17) is 4.74 Å². The molecule has 3 aliphatic rings. The number of hydrogen-bond donors (Lipinski definition) is 0. The van der Waals surface area contributed by atoms with Crippen molar-refractivity contribution in [1.82, 2.24) is 5.01 Å². The SMILES string of the molecule is CC(=O)c1ccc(N2C(=O)[C@@H]3[C@H](C2=O)[C@@H]2c4ccccc4C=NN2[C@@H]3C(=O)OC(C)(C)C)cc1. The minimum atomic E-state index is -1.03. The lowest BCUT2D eigenvalue weighted by Gasteiger charge is -2.34. The zero-order chi connectivity index (χ0) is 24.4. The van der Waals surface area contributed by atoms with Gasteiger partial charge in [-0.1, -0.05) is 24.3 Å². The number of nitrogens with zero attached hydrogens (tertiary/aromatic N) is 3. The Kier molecular flexibility index (Phi) is 4.93. The quantitative estimate of drug-likeness (QED) is 0.398. The number of Topliss-reactive ketones (excluding diaryl/α,β-unsaturated/α-hetero) is 1. The number of rotatable bonds is 3. The highest BCUT2D eigenvalue weighted by molar-refractivity contribution is 6.24. The number of carbonyl (C=O) groups is 4. The van der Waals surface area contributed by atoms with E-state index in [0.29, 0.717) is 11.3 Å². The molecular weight excluding hydrogens is 434 g/mol. The molecule has 0 N–H and O–H groups in total. The summed E-state index contributed by atoms with van der Waals surface area (Å²) in [6, 6.07) is 12.3. The topological polar surface area (TPSA) is 96.4 Å². The molecule has 2 aromatic rings. The Morgan fingerprint density at radius 2 is 1.59 bits per heavy atom. The van der Waals surface area contributed by atoms with Crippen LogP contribution in [0, 0.1) is 11.8 Å². The van der Waals surface area contributed by atoms with Gasteiger partial charge in [-0.2, -0.15) is 5.10 Å². The number of benzene rings is 2. The van der Waals surface area contributed by atoms with Crippen molar-refractivity contribution in [2.24, 2.45) is 16.9 Å². The second-order valence-electron chi connectivity index (χ2n) is 9.84. The predicted octanol–water partition coefficient (Wildman–Crippen LogP) is 3.11. The maximum absolute atomic E-state index is 13.7. The largest absolute Gasteiger partial charge is 0.458 e. The first-order valence-corrected chi connectivity index (χ1v) is 11.2. The standard InChI is InChI=1S/C26H25N3O5/c1-14(30)15-9-11-17(12-10-15)28-23(31)19-20(24(28)32)22(25(33)34-26(2,3)4)29-21(19)18-8-6-5-7-16(18)13-27-29/h5-13,19-22H,1-4H3/t19-,20+,21-,22-/m0/s1. The lowest BCUT2D eigenvalue weighted by molar-refractivity contribution is -0.163. The maximum atomic E-state index is 13.7. The van der Waals surface area contributed by atoms with Crippen molar-refractivity contribution in [3.63, 3.8) is 0 Å². The van der Waals surface area contributed by atoms with Crippen LogP contribution in [0.3, 0.4) is 0 Å². The molecule has 8 heteroatoms. The van der Waals surface area contributed by atoms with Gasteiger partial charge in [0.05, 0.1) is 29.8 Å². The molecule has 3 heterocycles. The third-order valence-corrected chi connectivity index (χ3v) is 6.47. The Balaban J connectivity index is 1.60. The van der Waals surface area contributed by atoms with Gasteiger partial charge >= 0.3 is 5.97 Å². The van der Waals surface area contributed by atoms with Crippen molar-refractivity contribution in [3.8, 4) is 0 Å². The molecule has 2 saturated heterocycles. The van der Waals surface area contributed by atoms with Crippen LogP contribution < -0.4 is 4.90 Å². The molecule has 0 radical (unpaired) electrons. The van der Waals surface area contributed by atoms with Gasteiger partial charge in [-0.3, -0.25) is 19.4 Å². The number of esters is 1. The molecule has 0 saturated carbocycles. The molecule has 0 unspecified atom stereocenters. The van der Waals surface area contributed by atoms with Crippen LogP contribution in [0.5, 0.6) is 0 Å². The Morgan fingerprint density at radius 1 is 0.941 bits per heavy atom. The van der Waals surface area contributed by atoms with Gasteiger partial charge < -0.3 is 4.74 Å². The molecule has 2 amide bonds. The molecule has 8 nitrogen and oxygen atoms in total. The average molecular weight is 460 g/mol. The molecular formula is C26H25N3O5. The monoisotopic (exact) mass is 459 g/mol. The summed E-state index contributed by atoms with van der Waals surface area (Å²) >= 11 is 0. The molecule has 0 spiro atoms. The highest BCUT2D eigenvalue weighted by Crippen LogP contribution is 2.52. The van der Waals surface area contributed by atoms with Gasteiger partial charge in [0.25, 0.3) is 0 Å². The first kappa shape index (κ1) is 22.0. The summed E-state index contributed by atoms with van der Waals surface area (Å²) in [7, 11) is 0. The fourth-order valence-corrected chi connectivity index (χ4v) is 5.10. The molecule has 4 atom stereocenters. The number of imide groups is 1. The van der Waals surface area contributed by atoms with Crippen molar-refractivity contribution in [2.45, 2.75) is 45.4 Å². The zero-order valence-corrected chi connectivity index (χ0v) is 19.4. The summed E-state index contributed by atoms with van der Waals surface area (Å²) in [5.41, 5.74) is 1.77. The van der Waals surface area contributed by atoms with Crippen LogP contribution in [0.2, 0.25) is 0 Å². The Morgan fingerprint density at radius 3 is 2.24 bits per heavy atom. The number of hydrazone groups is 1. The van der Waals surface area contributed by atoms with Crippen LogP contribution in [0.15, 0.2) is 53.6 Å². The van der Waals surface area contributed by atoms with E-state index in [1.807, 2.05) is 24.3 Å². The lowest BCUT2D eigenvalue weighted by Crippen LogP contribution is -2.46. The Labute approximate surface area is 197 Å². The molecule has 2 aromatic carbocycles. The van der Waals surface area contributed by atoms with Crippen LogP contribution >= 0.6 is 0 Å². The van der Waals surface area contributed by atoms with E-state index < -0.39 is 47.3 Å². The van der Waals surface area contributed by atoms with Crippen molar-refractivity contribution < 1.29 is 23.9 Å². The predicted molar refractivity (Wildman–Crippen MR) is 124 cm³/mol. The van der Waals surface area contributed by atoms with E-state index >= 15 is 0 Å². The first-order chi connectivity index (χ1) is 16.1. The van der Waals surface area contributed by atoms with Crippen LogP contribution in [-0.2, 0) is 19.1 Å². The molecule has 174 valence electrons. The smallest absolute Gasteiger partial charge is 0.331 e. The Hall–Kier alpha value is -3.81. The molecule has 5 rings (SSSR count). The second kappa shape index (κ2) is 7.62. The molecule has 0 aliphatic carbocycles. The summed E-state index contributed by atoms with van der Waals surface area (Å²) in [5, 5.41) is 6.06. The van der Waals surface area contributed by atoms with Crippen LogP contribution in [-0.4, -0.2) is 46.4 Å². The van der Waals surface area contributed by atoms with Crippen LogP contribution in [0.4, 0.5) is 5.69 Å². The van der Waals surface area contributed by atoms with Crippen LogP contribution in [0.1, 0.15) is 55.2 Å². The van der Waals surface area contributed by atoms with Crippen molar-refractivity contribution in [3.05, 3.63) is 65.2 Å². The van der Waals surface area contributed by atoms with Gasteiger partial charge in [-0.15, -0.1) is 0 Å². The van der Waals surface area contributed by atoms with Gasteiger partial charge in [-0.25, -0.2) is 9.69 Å². The normalized spacial score (nSPS) is 25.2. The maximum Gasteiger partial charge on any atom is 0.331 e. The van der Waals surface area contributed by atoms with Gasteiger partial charge in [0.1, 0.15) is 5.60 Å². The summed E-state index contributed by atoms with van der Waals surface area (Å²) in [5.74, 6) is -3.29. The highest BCUT2D eigenvalue weighted by Gasteiger charge is 2.66. The van der Waals surface area contributed by atoms with Gasteiger partial charge in [0.2, 0.25) is 11.8 Å². The summed E-state index contributed by atoms with van der Waals surface area (Å²) in [6.45, 7) is 6.73. The van der Waals surface area contributed by atoms with E-state index in [2.05, 4.69) is 5.10 Å². The first-order valence-electron chi connectivity index (χ1n) is 11.2. The summed E-state index contributed by atoms with van der Waals surface area (Å²) in [4.78, 5) is 53.6. The average Bonchev–Trinajstić information content (AvgIpc) is 3.25. The molecule has 2 fully saturated rings. The second-order valence-corrected chi connectivity index (χ2v) is 9.84. The van der Waals surface area contributed by atoms with Gasteiger partial charge in [-0.05, 0) is 63.1 Å². The number of ketones is 1. The molecule has 0 aromatic heterocycles. The molecule has 34 heavy (non-hydrogen) atoms. The fourth-order valence-electron chi connectivity index (χ4n) is 5.10. The number of carbonyl (C=O) groups excluding carboxylic acids is 4. The number of ether oxygens (including phenoxy) is 1. The van der Waals surface area contributed by atoms with Crippen molar-refractivity contribution >= 4 is 35.5 Å². The van der Waals surface area contributed by atoms with E-state index in [1.165, 1.54) is 6.92 Å². The van der Waals surface area contributed by atoms with Crippen molar-refractivity contribution in [2.75, 3.05) is 4.90 Å². The van der Waals surface area contributed by atoms with E-state index in [1.54, 1.807) is 56.3 Å². The molecule has 3 aliphatic heterocycles. The molecule has 0 bridgehead atoms. The van der Waals surface area contributed by atoms with E-state index in [-0.39, 0.29) is 5.78 Å². The zero-order valence-electron chi connectivity index (χ0n) is 19.4. The number of fused-ring (bicyclic) bond motifs is 5.